The molecule has 0 spiro atoms. The lowest BCUT2D eigenvalue weighted by atomic mass is 10.1. The molecule has 0 amide bonds. The summed E-state index contributed by atoms with van der Waals surface area (Å²) in [6.45, 7) is -0.0886. The van der Waals surface area contributed by atoms with Crippen molar-refractivity contribution < 1.29 is 5.11 Å². The molecule has 0 aliphatic carbocycles. The quantitative estimate of drug-likeness (QED) is 0.898. The molecule has 2 aromatic rings. The van der Waals surface area contributed by atoms with Gasteiger partial charge < -0.3 is 5.11 Å². The molecule has 2 rings (SSSR count). The Hall–Kier alpha value is -1.03. The maximum atomic E-state index is 9.27. The highest BCUT2D eigenvalue weighted by Crippen LogP contribution is 2.34. The highest BCUT2D eigenvalue weighted by molar-refractivity contribution is 6.43. The van der Waals surface area contributed by atoms with Gasteiger partial charge in [-0.3, -0.25) is 4.68 Å². The number of hydrogen-bond acceptors (Lipinski definition) is 2. The lowest BCUT2D eigenvalue weighted by molar-refractivity contribution is 0.271. The fourth-order valence-electron chi connectivity index (χ4n) is 1.59. The SMILES string of the molecule is Cn1ncc(-c2cccc(Cl)c2Cl)c1CO. The number of hydrogen-bond donors (Lipinski definition) is 1. The molecule has 3 nitrogen and oxygen atoms in total. The van der Waals surface area contributed by atoms with E-state index >= 15 is 0 Å². The van der Waals surface area contributed by atoms with Crippen LogP contribution in [0.4, 0.5) is 0 Å². The van der Waals surface area contributed by atoms with E-state index in [-0.39, 0.29) is 6.61 Å². The van der Waals surface area contributed by atoms with Gasteiger partial charge in [-0.2, -0.15) is 5.10 Å². The van der Waals surface area contributed by atoms with Crippen LogP contribution in [0.5, 0.6) is 0 Å². The zero-order chi connectivity index (χ0) is 11.7. The van der Waals surface area contributed by atoms with Crippen LogP contribution in [-0.4, -0.2) is 14.9 Å². The lowest BCUT2D eigenvalue weighted by Gasteiger charge is -2.06. The minimum absolute atomic E-state index is 0.0886. The topological polar surface area (TPSA) is 38.0 Å². The van der Waals surface area contributed by atoms with Crippen LogP contribution in [-0.2, 0) is 13.7 Å². The second-order valence-corrected chi connectivity index (χ2v) is 4.17. The van der Waals surface area contributed by atoms with Crippen LogP contribution in [0.25, 0.3) is 11.1 Å². The summed E-state index contributed by atoms with van der Waals surface area (Å²) < 4.78 is 1.62. The van der Waals surface area contributed by atoms with E-state index in [2.05, 4.69) is 5.10 Å². The highest BCUT2D eigenvalue weighted by Gasteiger charge is 2.13. The Balaban J connectivity index is 2.63. The van der Waals surface area contributed by atoms with Crippen molar-refractivity contribution in [2.45, 2.75) is 6.61 Å². The lowest BCUT2D eigenvalue weighted by Crippen LogP contribution is -1.98. The van der Waals surface area contributed by atoms with Crippen molar-refractivity contribution >= 4 is 23.2 Å². The Labute approximate surface area is 103 Å². The van der Waals surface area contributed by atoms with E-state index in [9.17, 15) is 5.11 Å². The molecule has 16 heavy (non-hydrogen) atoms. The van der Waals surface area contributed by atoms with Crippen LogP contribution in [0, 0.1) is 0 Å². The first-order valence-corrected chi connectivity index (χ1v) is 5.47. The number of nitrogens with zero attached hydrogens (tertiary/aromatic N) is 2. The van der Waals surface area contributed by atoms with Crippen molar-refractivity contribution in [3.05, 3.63) is 40.1 Å². The molecule has 0 radical (unpaired) electrons. The second kappa shape index (κ2) is 4.45. The van der Waals surface area contributed by atoms with Crippen LogP contribution >= 0.6 is 23.2 Å². The monoisotopic (exact) mass is 256 g/mol. The maximum absolute atomic E-state index is 9.27. The summed E-state index contributed by atoms with van der Waals surface area (Å²) in [5.41, 5.74) is 2.30. The van der Waals surface area contributed by atoms with Gasteiger partial charge in [-0.05, 0) is 6.07 Å². The molecule has 0 unspecified atom stereocenters. The molecule has 1 N–H and O–H groups in total. The van der Waals surface area contributed by atoms with Crippen LogP contribution in [0.15, 0.2) is 24.4 Å². The number of aliphatic hydroxyl groups excluding tert-OH is 1. The number of rotatable bonds is 2. The van der Waals surface area contributed by atoms with Crippen LogP contribution in [0.2, 0.25) is 10.0 Å². The smallest absolute Gasteiger partial charge is 0.0856 e. The van der Waals surface area contributed by atoms with E-state index in [1.165, 1.54) is 0 Å². The zero-order valence-corrected chi connectivity index (χ0v) is 10.1. The molecule has 1 aromatic carbocycles. The van der Waals surface area contributed by atoms with Crippen molar-refractivity contribution in [1.29, 1.82) is 0 Å². The Morgan fingerprint density at radius 2 is 2.06 bits per heavy atom. The standard InChI is InChI=1S/C11H10Cl2N2O/c1-15-10(6-16)8(5-14-15)7-3-2-4-9(12)11(7)13/h2-5,16H,6H2,1H3. The third-order valence-corrected chi connectivity index (χ3v) is 3.27. The van der Waals surface area contributed by atoms with Crippen molar-refractivity contribution in [3.8, 4) is 11.1 Å². The van der Waals surface area contributed by atoms with Crippen LogP contribution in [0.1, 0.15) is 5.69 Å². The minimum Gasteiger partial charge on any atom is -0.390 e. The number of aromatic nitrogens is 2. The summed E-state index contributed by atoms with van der Waals surface area (Å²) in [7, 11) is 1.77. The molecular formula is C11H10Cl2N2O. The Morgan fingerprint density at radius 1 is 1.31 bits per heavy atom. The van der Waals surface area contributed by atoms with Crippen molar-refractivity contribution in [1.82, 2.24) is 9.78 Å². The van der Waals surface area contributed by atoms with Gasteiger partial charge in [-0.25, -0.2) is 0 Å². The predicted octanol–water partition coefficient (Wildman–Crippen LogP) is 2.89. The van der Waals surface area contributed by atoms with E-state index in [1.807, 2.05) is 12.1 Å². The van der Waals surface area contributed by atoms with E-state index in [0.29, 0.717) is 15.7 Å². The Kier molecular flexibility index (Phi) is 3.19. The normalized spacial score (nSPS) is 10.8. The van der Waals surface area contributed by atoms with Crippen molar-refractivity contribution in [3.63, 3.8) is 0 Å². The third kappa shape index (κ3) is 1.82. The Bertz CT molecular complexity index is 523. The van der Waals surface area contributed by atoms with Crippen molar-refractivity contribution in [2.75, 3.05) is 0 Å². The summed E-state index contributed by atoms with van der Waals surface area (Å²) in [6.07, 6.45) is 1.67. The molecule has 5 heteroatoms. The van der Waals surface area contributed by atoms with Crippen LogP contribution < -0.4 is 0 Å². The van der Waals surface area contributed by atoms with Crippen LogP contribution in [0.3, 0.4) is 0 Å². The highest BCUT2D eigenvalue weighted by atomic mass is 35.5. The first kappa shape index (κ1) is 11.5. The minimum atomic E-state index is -0.0886. The van der Waals surface area contributed by atoms with Gasteiger partial charge in [0.15, 0.2) is 0 Å². The molecule has 0 saturated carbocycles. The predicted molar refractivity (Wildman–Crippen MR) is 64.6 cm³/mol. The molecule has 0 aliphatic heterocycles. The summed E-state index contributed by atoms with van der Waals surface area (Å²) in [4.78, 5) is 0. The number of aliphatic hydroxyl groups is 1. The molecule has 1 heterocycles. The van der Waals surface area contributed by atoms with E-state index in [1.54, 1.807) is 24.0 Å². The summed E-state index contributed by atoms with van der Waals surface area (Å²) in [6, 6.07) is 5.39. The number of benzene rings is 1. The molecule has 0 saturated heterocycles. The first-order chi connectivity index (χ1) is 7.65. The van der Waals surface area contributed by atoms with Gasteiger partial charge in [0.05, 0.1) is 28.5 Å². The average Bonchev–Trinajstić information content (AvgIpc) is 2.63. The largest absolute Gasteiger partial charge is 0.390 e. The summed E-state index contributed by atoms with van der Waals surface area (Å²) >= 11 is 12.1. The molecule has 0 atom stereocenters. The molecule has 0 bridgehead atoms. The van der Waals surface area contributed by atoms with E-state index in [0.717, 1.165) is 11.1 Å². The number of aryl methyl sites for hydroxylation is 1. The van der Waals surface area contributed by atoms with E-state index < -0.39 is 0 Å². The summed E-state index contributed by atoms with van der Waals surface area (Å²) in [5.74, 6) is 0. The van der Waals surface area contributed by atoms with Gasteiger partial charge in [-0.1, -0.05) is 35.3 Å². The fraction of sp³-hybridized carbons (Fsp3) is 0.182. The average molecular weight is 257 g/mol. The van der Waals surface area contributed by atoms with E-state index in [4.69, 9.17) is 23.2 Å². The molecule has 84 valence electrons. The molecule has 0 fully saturated rings. The third-order valence-electron chi connectivity index (χ3n) is 2.45. The Morgan fingerprint density at radius 3 is 2.75 bits per heavy atom. The molecule has 0 aliphatic rings. The van der Waals surface area contributed by atoms with Gasteiger partial charge in [-0.15, -0.1) is 0 Å². The van der Waals surface area contributed by atoms with Gasteiger partial charge in [0.2, 0.25) is 0 Å². The van der Waals surface area contributed by atoms with Gasteiger partial charge >= 0.3 is 0 Å². The zero-order valence-electron chi connectivity index (χ0n) is 8.61. The van der Waals surface area contributed by atoms with Gasteiger partial charge in [0.1, 0.15) is 0 Å². The second-order valence-electron chi connectivity index (χ2n) is 3.39. The van der Waals surface area contributed by atoms with Crippen molar-refractivity contribution in [2.24, 2.45) is 7.05 Å². The number of halogens is 2. The fourth-order valence-corrected chi connectivity index (χ4v) is 1.99. The molecule has 1 aromatic heterocycles. The maximum Gasteiger partial charge on any atom is 0.0856 e. The first-order valence-electron chi connectivity index (χ1n) is 4.71. The van der Waals surface area contributed by atoms with Gasteiger partial charge in [0.25, 0.3) is 0 Å². The molecular weight excluding hydrogens is 247 g/mol. The van der Waals surface area contributed by atoms with Gasteiger partial charge in [0, 0.05) is 18.2 Å². The summed E-state index contributed by atoms with van der Waals surface area (Å²) in [5, 5.41) is 14.3.